The normalized spacial score (nSPS) is 26.6. The second-order valence-electron chi connectivity index (χ2n) is 33.1. The van der Waals surface area contributed by atoms with Gasteiger partial charge in [0.1, 0.15) is 59.6 Å². The van der Waals surface area contributed by atoms with Crippen molar-refractivity contribution in [3.63, 3.8) is 0 Å². The molecule has 0 aromatic heterocycles. The predicted octanol–water partition coefficient (Wildman–Crippen LogP) is 11.6. The molecule has 14 rings (SSSR count). The smallest absolute Gasteiger partial charge is 0.315 e. The summed E-state index contributed by atoms with van der Waals surface area (Å²) in [6.07, 6.45) is 3.94. The molecule has 6 aliphatic rings. The summed E-state index contributed by atoms with van der Waals surface area (Å²) in [7, 11) is 0. The van der Waals surface area contributed by atoms with E-state index in [1.807, 2.05) is 52.0 Å². The van der Waals surface area contributed by atoms with Crippen molar-refractivity contribution >= 4 is 18.1 Å². The number of aromatic hydroxyl groups is 4. The average Bonchev–Trinajstić information content (AvgIpc) is 1.64. The van der Waals surface area contributed by atoms with Crippen molar-refractivity contribution in [1.29, 1.82) is 0 Å². The van der Waals surface area contributed by atoms with Gasteiger partial charge in [0.2, 0.25) is 0 Å². The van der Waals surface area contributed by atoms with E-state index in [1.54, 1.807) is 48.5 Å². The Bertz CT molecular complexity index is 3910. The van der Waals surface area contributed by atoms with Crippen LogP contribution in [0, 0.1) is 44.9 Å². The Hall–Kier alpha value is -9.55. The van der Waals surface area contributed by atoms with E-state index in [0.717, 1.165) is 60.8 Å². The molecule has 0 bridgehead atoms. The lowest BCUT2D eigenvalue weighted by molar-refractivity contribution is -0.151. The highest BCUT2D eigenvalue weighted by molar-refractivity contribution is 5.76. The number of nitrogens with one attached hydrogen (secondary N) is 6. The summed E-state index contributed by atoms with van der Waals surface area (Å²) in [4.78, 5) is 37.5. The predicted molar refractivity (Wildman–Crippen MR) is 430 cm³/mol. The Labute approximate surface area is 653 Å². The van der Waals surface area contributed by atoms with Crippen LogP contribution in [0.3, 0.4) is 0 Å². The number of benzene rings is 8. The lowest BCUT2D eigenvalue weighted by Gasteiger charge is -2.29. The minimum atomic E-state index is -1.16. The van der Waals surface area contributed by atoms with Gasteiger partial charge in [0.05, 0.1) is 24.2 Å². The van der Waals surface area contributed by atoms with Gasteiger partial charge in [-0.15, -0.1) is 0 Å². The van der Waals surface area contributed by atoms with Gasteiger partial charge in [0, 0.05) is 24.2 Å². The number of carbonyl (C=O) groups is 3. The van der Waals surface area contributed by atoms with Crippen LogP contribution in [-0.2, 0) is 70.3 Å². The molecule has 21 heteroatoms. The molecule has 1 saturated carbocycles. The number of phenols is 4. The number of carbonyl (C=O) groups excluding carboxylic acids is 3. The Balaban J connectivity index is 0.000000147. The van der Waals surface area contributed by atoms with E-state index >= 15 is 0 Å². The van der Waals surface area contributed by atoms with Crippen molar-refractivity contribution in [2.45, 2.75) is 230 Å². The van der Waals surface area contributed by atoms with Crippen molar-refractivity contribution < 1.29 is 64.0 Å². The highest BCUT2D eigenvalue weighted by atomic mass is 16.8. The van der Waals surface area contributed by atoms with E-state index in [1.165, 1.54) is 68.8 Å². The lowest BCUT2D eigenvalue weighted by Crippen LogP contribution is -2.51. The van der Waals surface area contributed by atoms with E-state index < -0.39 is 41.9 Å². The largest absolute Gasteiger partial charge is 0.508 e. The standard InChI is InChI=1S/2C24H30N2O3.C23H32N2O2.C19H22N2O5/c1-15-5-9-17(10-6-15)13-19-21-22(29-24(3,4)28-21)20(26-23(27)25-19)14-18-11-7-16(2)8-12-18;1-24(2)13-19-20(14-24)22(12-16-5-9-18(28)10-6-16)26-23(29)25-21(19)11-15-3-7-17(27)8-4-15;1-15-5-9-17(10-6-15)13-19(24)21-22(27-23(3,4)26-21)20(25)14-18-11-7-16(2)8-12-18;22-13-5-1-11(2-6-13)9-15-17(24)18(25)16(21-19(26)20-15)10-12-3-7-14(23)8-4-12/h5-12,19-22H,13-14H2,1-4H3,(H2,25,26,27);3-10,19-22,27-28H,11-14H2,1-2H3,(H2,25,26,29);5-12,19-22H,13-14,24-25H2,1-4H3;1-8,15-18,22-25H,9-10H2,(H2,20,21,26)/t19-,20-,21+,22+;19-,20-,21-,22-;19-,20-,21+,22+;15-,16-,17+,18+/m1111/s1. The number of phenolic OH excluding ortho intramolecular Hbond substituents is 4. The maximum absolute atomic E-state index is 12.7. The van der Waals surface area contributed by atoms with Crippen LogP contribution in [0.25, 0.3) is 0 Å². The summed E-state index contributed by atoms with van der Waals surface area (Å²) in [5.74, 6) is 0.203. The summed E-state index contributed by atoms with van der Waals surface area (Å²) >= 11 is 0. The third-order valence-corrected chi connectivity index (χ3v) is 22.1. The first-order valence-corrected chi connectivity index (χ1v) is 38.9. The number of aliphatic hydroxyl groups excluding tert-OH is 2. The first-order chi connectivity index (χ1) is 52.7. The van der Waals surface area contributed by atoms with E-state index in [2.05, 4.69) is 171 Å². The SMILES string of the molecule is CC1(C)C[C@@H]2[C@@H](C1)[C@@H](Cc1ccc(O)cc1)NC(=O)N[C@@H]2Cc1ccc(O)cc1.Cc1ccc(C[C@@H](N)[C@@H]2OC(C)(C)O[C@H]2[C@H](N)Cc2ccc(C)cc2)cc1.Cc1ccc(C[C@H]2NC(=O)N[C@H](Cc3ccc(C)cc3)[C@@H]3OC(C)(C)O[C@H]32)cc1.O=C1N[C@H](Cc2ccc(O)cc2)[C@H](O)[C@@H](O)[C@@H](Cc2ccc(O)cc2)N1. The fourth-order valence-corrected chi connectivity index (χ4v) is 16.4. The fourth-order valence-electron chi connectivity index (χ4n) is 16.4. The zero-order chi connectivity index (χ0) is 79.5. The minimum Gasteiger partial charge on any atom is -0.508 e. The van der Waals surface area contributed by atoms with E-state index in [0.29, 0.717) is 37.5 Å². The number of aliphatic hydroxyl groups is 2. The molecule has 0 radical (unpaired) electrons. The lowest BCUT2D eigenvalue weighted by atomic mass is 9.80. The van der Waals surface area contributed by atoms with E-state index in [4.69, 9.17) is 30.4 Å². The number of hydrogen-bond acceptors (Lipinski definition) is 15. The van der Waals surface area contributed by atoms with Crippen LogP contribution in [0.1, 0.15) is 121 Å². The van der Waals surface area contributed by atoms with E-state index in [9.17, 15) is 45.0 Å². The number of rotatable bonds is 18. The van der Waals surface area contributed by atoms with Crippen molar-refractivity contribution in [3.8, 4) is 23.0 Å². The van der Waals surface area contributed by atoms with Crippen LogP contribution >= 0.6 is 0 Å². The molecule has 5 heterocycles. The molecule has 6 fully saturated rings. The molecular formula is C90H114N8O13. The quantitative estimate of drug-likeness (QED) is 0.0380. The maximum Gasteiger partial charge on any atom is 0.315 e. The molecule has 0 unspecified atom stereocenters. The number of urea groups is 3. The molecule has 5 aliphatic heterocycles. The third kappa shape index (κ3) is 23.3. The Morgan fingerprint density at radius 3 is 0.829 bits per heavy atom. The summed E-state index contributed by atoms with van der Waals surface area (Å²) < 4.78 is 24.9. The summed E-state index contributed by atoms with van der Waals surface area (Å²) in [6, 6.07) is 58.6. The number of hydrogen-bond donors (Lipinski definition) is 14. The van der Waals surface area contributed by atoms with E-state index in [-0.39, 0.29) is 101 Å². The molecule has 16 N–H and O–H groups in total. The average molecular weight is 1520 g/mol. The second kappa shape index (κ2) is 36.3. The van der Waals surface area contributed by atoms with Crippen molar-refractivity contribution in [2.24, 2.45) is 28.7 Å². The Morgan fingerprint density at radius 1 is 0.333 bits per heavy atom. The zero-order valence-corrected chi connectivity index (χ0v) is 65.5. The van der Waals surface area contributed by atoms with Crippen LogP contribution in [-0.4, -0.2) is 145 Å². The number of aryl methyl sites for hydroxylation is 4. The molecule has 0 spiro atoms. The Morgan fingerprint density at radius 2 is 0.550 bits per heavy atom. The van der Waals surface area contributed by atoms with Crippen LogP contribution in [0.5, 0.6) is 23.0 Å². The first-order valence-electron chi connectivity index (χ1n) is 38.9. The molecule has 6 amide bonds. The summed E-state index contributed by atoms with van der Waals surface area (Å²) in [5, 5.41) is 77.0. The monoisotopic (exact) mass is 1510 g/mol. The van der Waals surface area contributed by atoms with Gasteiger partial charge in [0.15, 0.2) is 11.6 Å². The number of nitrogens with two attached hydrogens (primary N) is 2. The molecule has 8 aromatic rings. The molecular weight excluding hydrogens is 1400 g/mol. The van der Waals surface area contributed by atoms with Crippen molar-refractivity contribution in [2.75, 3.05) is 0 Å². The van der Waals surface area contributed by atoms with Gasteiger partial charge in [-0.3, -0.25) is 0 Å². The molecule has 592 valence electrons. The van der Waals surface area contributed by atoms with Crippen LogP contribution in [0.2, 0.25) is 0 Å². The highest BCUT2D eigenvalue weighted by Gasteiger charge is 2.52. The van der Waals surface area contributed by atoms with Gasteiger partial charge in [-0.2, -0.15) is 0 Å². The summed E-state index contributed by atoms with van der Waals surface area (Å²) in [5.41, 5.74) is 26.9. The molecule has 21 nitrogen and oxygen atoms in total. The van der Waals surface area contributed by atoms with Gasteiger partial charge in [0.25, 0.3) is 0 Å². The van der Waals surface area contributed by atoms with Crippen molar-refractivity contribution in [1.82, 2.24) is 31.9 Å². The van der Waals surface area contributed by atoms with Crippen LogP contribution in [0.4, 0.5) is 14.4 Å². The molecule has 1 aliphatic carbocycles. The third-order valence-electron chi connectivity index (χ3n) is 22.1. The van der Waals surface area contributed by atoms with Gasteiger partial charge in [-0.05, 0) is 230 Å². The number of ether oxygens (including phenoxy) is 4. The van der Waals surface area contributed by atoms with Crippen LogP contribution in [0.15, 0.2) is 194 Å². The Kier molecular flexibility index (Phi) is 26.9. The second-order valence-corrected chi connectivity index (χ2v) is 33.1. The fraction of sp³-hybridized carbons (Fsp3) is 0.433. The topological polar surface area (TPSA) is 334 Å². The molecule has 111 heavy (non-hydrogen) atoms. The van der Waals surface area contributed by atoms with Crippen molar-refractivity contribution in [3.05, 3.63) is 261 Å². The molecule has 16 atom stereocenters. The molecule has 8 aromatic carbocycles. The highest BCUT2D eigenvalue weighted by Crippen LogP contribution is 2.50. The van der Waals surface area contributed by atoms with Gasteiger partial charge >= 0.3 is 18.1 Å². The van der Waals surface area contributed by atoms with Crippen LogP contribution < -0.4 is 43.4 Å². The minimum absolute atomic E-state index is 0.0659. The van der Waals surface area contributed by atoms with Gasteiger partial charge in [-0.1, -0.05) is 182 Å². The summed E-state index contributed by atoms with van der Waals surface area (Å²) in [6.45, 7) is 20.7. The van der Waals surface area contributed by atoms with Gasteiger partial charge < -0.3 is 93.0 Å². The number of amides is 6. The zero-order valence-electron chi connectivity index (χ0n) is 65.5. The van der Waals surface area contributed by atoms with Gasteiger partial charge in [-0.25, -0.2) is 14.4 Å². The first kappa shape index (κ1) is 82.4. The molecule has 5 saturated heterocycles. The maximum atomic E-state index is 12.7. The number of fused-ring (bicyclic) bond motifs is 2.